The first-order valence-corrected chi connectivity index (χ1v) is 8.68. The third kappa shape index (κ3) is 2.23. The molecule has 2 aliphatic rings. The van der Waals surface area contributed by atoms with E-state index < -0.39 is 0 Å². The first kappa shape index (κ1) is 13.8. The Morgan fingerprint density at radius 3 is 2.92 bits per heavy atom. The predicted octanol–water partition coefficient (Wildman–Crippen LogP) is 3.47. The average molecular weight is 317 g/mol. The fourth-order valence-corrected chi connectivity index (χ4v) is 3.39. The lowest BCUT2D eigenvalue weighted by Crippen LogP contribution is -2.05. The van der Waals surface area contributed by atoms with Gasteiger partial charge in [0.15, 0.2) is 5.65 Å². The third-order valence-electron chi connectivity index (χ3n) is 4.89. The summed E-state index contributed by atoms with van der Waals surface area (Å²) in [6.07, 6.45) is 11.8. The second kappa shape index (κ2) is 5.23. The van der Waals surface area contributed by atoms with Gasteiger partial charge in [0.05, 0.1) is 23.3 Å². The Morgan fingerprint density at radius 1 is 1.12 bits per heavy atom. The molecular weight excluding hydrogens is 298 g/mol. The summed E-state index contributed by atoms with van der Waals surface area (Å²) in [5.41, 5.74) is 6.36. The molecule has 3 aromatic heterocycles. The van der Waals surface area contributed by atoms with E-state index in [1.807, 2.05) is 29.9 Å². The molecule has 5 rings (SSSR count). The Bertz CT molecular complexity index is 965. The molecular formula is C19H19N5. The number of aryl methyl sites for hydroxylation is 2. The first-order chi connectivity index (χ1) is 11.8. The van der Waals surface area contributed by atoms with Gasteiger partial charge in [0.25, 0.3) is 0 Å². The van der Waals surface area contributed by atoms with Crippen LogP contribution in [0, 0.1) is 6.92 Å². The molecule has 0 unspecified atom stereocenters. The van der Waals surface area contributed by atoms with Crippen molar-refractivity contribution in [1.29, 1.82) is 0 Å². The molecule has 3 aromatic rings. The summed E-state index contributed by atoms with van der Waals surface area (Å²) in [5, 5.41) is 4.80. The van der Waals surface area contributed by atoms with E-state index in [1.54, 1.807) is 0 Å². The number of fused-ring (bicyclic) bond motifs is 2. The summed E-state index contributed by atoms with van der Waals surface area (Å²) in [4.78, 5) is 13.9. The van der Waals surface area contributed by atoms with E-state index >= 15 is 0 Å². The van der Waals surface area contributed by atoms with Crippen molar-refractivity contribution in [3.63, 3.8) is 0 Å². The zero-order valence-electron chi connectivity index (χ0n) is 13.7. The standard InChI is InChI=1S/C19H19N5/c1-12-10-20-18-9-8-17(23-24(12)18)14-4-2-3-5-16-15(14)11-21-19(22-16)13-6-7-13/h4,8-11,13H,2-3,5-7H2,1H3. The fourth-order valence-electron chi connectivity index (χ4n) is 3.39. The molecule has 2 aliphatic carbocycles. The molecule has 1 fully saturated rings. The number of imidazole rings is 1. The number of rotatable bonds is 2. The largest absolute Gasteiger partial charge is 0.240 e. The molecule has 0 saturated heterocycles. The summed E-state index contributed by atoms with van der Waals surface area (Å²) in [6.45, 7) is 2.03. The Hall–Kier alpha value is -2.56. The van der Waals surface area contributed by atoms with Gasteiger partial charge in [-0.3, -0.25) is 0 Å². The van der Waals surface area contributed by atoms with E-state index in [2.05, 4.69) is 22.1 Å². The van der Waals surface area contributed by atoms with Crippen molar-refractivity contribution in [2.45, 2.75) is 44.9 Å². The van der Waals surface area contributed by atoms with Crippen molar-refractivity contribution >= 4 is 11.2 Å². The molecule has 0 spiro atoms. The molecule has 0 amide bonds. The van der Waals surface area contributed by atoms with Gasteiger partial charge in [0.1, 0.15) is 5.82 Å². The van der Waals surface area contributed by atoms with Crippen LogP contribution in [-0.2, 0) is 6.42 Å². The maximum Gasteiger partial charge on any atom is 0.153 e. The second-order valence-electron chi connectivity index (χ2n) is 6.76. The first-order valence-electron chi connectivity index (χ1n) is 8.68. The zero-order valence-corrected chi connectivity index (χ0v) is 13.7. The smallest absolute Gasteiger partial charge is 0.153 e. The summed E-state index contributed by atoms with van der Waals surface area (Å²) < 4.78 is 1.90. The van der Waals surface area contributed by atoms with E-state index in [4.69, 9.17) is 10.1 Å². The van der Waals surface area contributed by atoms with Gasteiger partial charge < -0.3 is 0 Å². The lowest BCUT2D eigenvalue weighted by Gasteiger charge is -2.11. The van der Waals surface area contributed by atoms with Gasteiger partial charge in [-0.05, 0) is 51.2 Å². The fraction of sp³-hybridized carbons (Fsp3) is 0.368. The highest BCUT2D eigenvalue weighted by atomic mass is 15.3. The minimum atomic E-state index is 0.592. The molecule has 0 bridgehead atoms. The molecule has 0 atom stereocenters. The van der Waals surface area contributed by atoms with E-state index in [9.17, 15) is 0 Å². The van der Waals surface area contributed by atoms with Gasteiger partial charge in [0.2, 0.25) is 0 Å². The van der Waals surface area contributed by atoms with Crippen molar-refractivity contribution in [2.75, 3.05) is 0 Å². The maximum atomic E-state index is 4.88. The van der Waals surface area contributed by atoms with Gasteiger partial charge >= 0.3 is 0 Å². The molecule has 1 saturated carbocycles. The van der Waals surface area contributed by atoms with Crippen molar-refractivity contribution < 1.29 is 0 Å². The minimum absolute atomic E-state index is 0.592. The van der Waals surface area contributed by atoms with Crippen LogP contribution >= 0.6 is 0 Å². The van der Waals surface area contributed by atoms with Crippen LogP contribution in [0.15, 0.2) is 30.6 Å². The molecule has 0 radical (unpaired) electrons. The quantitative estimate of drug-likeness (QED) is 0.726. The highest BCUT2D eigenvalue weighted by molar-refractivity contribution is 5.79. The summed E-state index contributed by atoms with van der Waals surface area (Å²) in [6, 6.07) is 4.08. The lowest BCUT2D eigenvalue weighted by molar-refractivity contribution is 0.797. The van der Waals surface area contributed by atoms with Crippen molar-refractivity contribution in [3.05, 3.63) is 59.1 Å². The Kier molecular flexibility index (Phi) is 3.01. The van der Waals surface area contributed by atoms with Gasteiger partial charge in [0, 0.05) is 23.3 Å². The van der Waals surface area contributed by atoms with Crippen LogP contribution in [0.2, 0.25) is 0 Å². The van der Waals surface area contributed by atoms with Crippen LogP contribution in [-0.4, -0.2) is 24.6 Å². The number of hydrogen-bond acceptors (Lipinski definition) is 4. The minimum Gasteiger partial charge on any atom is -0.240 e. The molecule has 120 valence electrons. The van der Waals surface area contributed by atoms with Gasteiger partial charge in [-0.15, -0.1) is 0 Å². The van der Waals surface area contributed by atoms with Gasteiger partial charge in [-0.2, -0.15) is 5.10 Å². The lowest BCUT2D eigenvalue weighted by atomic mass is 10.0. The molecule has 5 nitrogen and oxygen atoms in total. The van der Waals surface area contributed by atoms with Gasteiger partial charge in [-0.25, -0.2) is 19.5 Å². The van der Waals surface area contributed by atoms with Crippen LogP contribution in [0.25, 0.3) is 11.2 Å². The SMILES string of the molecule is Cc1cnc2ccc(C3=CCCCc4nc(C5CC5)ncc43)nn12. The van der Waals surface area contributed by atoms with Gasteiger partial charge in [-0.1, -0.05) is 6.08 Å². The van der Waals surface area contributed by atoms with Crippen LogP contribution in [0.1, 0.15) is 60.1 Å². The monoisotopic (exact) mass is 317 g/mol. The number of allylic oxidation sites excluding steroid dienone is 1. The summed E-state index contributed by atoms with van der Waals surface area (Å²) in [7, 11) is 0. The van der Waals surface area contributed by atoms with Crippen LogP contribution in [0.4, 0.5) is 0 Å². The number of aromatic nitrogens is 5. The topological polar surface area (TPSA) is 56.0 Å². The van der Waals surface area contributed by atoms with Crippen LogP contribution < -0.4 is 0 Å². The Labute approximate surface area is 140 Å². The van der Waals surface area contributed by atoms with Crippen LogP contribution in [0.5, 0.6) is 0 Å². The average Bonchev–Trinajstić information content (AvgIpc) is 3.41. The van der Waals surface area contributed by atoms with Crippen molar-refractivity contribution in [3.8, 4) is 0 Å². The highest BCUT2D eigenvalue weighted by Crippen LogP contribution is 2.39. The summed E-state index contributed by atoms with van der Waals surface area (Å²) in [5.74, 6) is 1.62. The highest BCUT2D eigenvalue weighted by Gasteiger charge is 2.28. The van der Waals surface area contributed by atoms with Crippen molar-refractivity contribution in [1.82, 2.24) is 24.6 Å². The second-order valence-corrected chi connectivity index (χ2v) is 6.76. The molecule has 24 heavy (non-hydrogen) atoms. The van der Waals surface area contributed by atoms with Crippen molar-refractivity contribution in [2.24, 2.45) is 0 Å². The molecule has 3 heterocycles. The number of nitrogens with zero attached hydrogens (tertiary/aromatic N) is 5. The van der Waals surface area contributed by atoms with E-state index in [-0.39, 0.29) is 0 Å². The Balaban J connectivity index is 1.64. The number of hydrogen-bond donors (Lipinski definition) is 0. The maximum absolute atomic E-state index is 4.88. The zero-order chi connectivity index (χ0) is 16.1. The van der Waals surface area contributed by atoms with E-state index in [0.717, 1.165) is 53.3 Å². The Morgan fingerprint density at radius 2 is 2.04 bits per heavy atom. The molecule has 0 aromatic carbocycles. The predicted molar refractivity (Wildman–Crippen MR) is 91.7 cm³/mol. The normalized spacial score (nSPS) is 17.5. The molecule has 0 N–H and O–H groups in total. The van der Waals surface area contributed by atoms with E-state index in [0.29, 0.717) is 5.92 Å². The third-order valence-corrected chi connectivity index (χ3v) is 4.89. The summed E-state index contributed by atoms with van der Waals surface area (Å²) >= 11 is 0. The van der Waals surface area contributed by atoms with E-state index in [1.165, 1.54) is 18.5 Å². The molecule has 5 heteroatoms. The van der Waals surface area contributed by atoms with Crippen LogP contribution in [0.3, 0.4) is 0 Å². The molecule has 0 aliphatic heterocycles.